The van der Waals surface area contributed by atoms with Crippen molar-refractivity contribution in [2.75, 3.05) is 13.7 Å². The van der Waals surface area contributed by atoms with E-state index >= 15 is 4.39 Å². The SMILES string of the molecule is COc1ccc([C@@H]2c3[nH]c4ccccc4c3CCN2Cc2ccoc2)c(F)c1. The van der Waals surface area contributed by atoms with E-state index < -0.39 is 0 Å². The number of rotatable bonds is 4. The van der Waals surface area contributed by atoms with Crippen molar-refractivity contribution in [1.82, 2.24) is 9.88 Å². The normalized spacial score (nSPS) is 17.0. The van der Waals surface area contributed by atoms with Crippen molar-refractivity contribution >= 4 is 10.9 Å². The summed E-state index contributed by atoms with van der Waals surface area (Å²) < 4.78 is 25.5. The van der Waals surface area contributed by atoms with Crippen LogP contribution in [0.1, 0.15) is 28.4 Å². The van der Waals surface area contributed by atoms with Gasteiger partial charge in [0.2, 0.25) is 0 Å². The van der Waals surface area contributed by atoms with Crippen LogP contribution < -0.4 is 4.74 Å². The number of aromatic nitrogens is 1. The molecule has 2 aromatic carbocycles. The molecule has 0 bridgehead atoms. The van der Waals surface area contributed by atoms with Crippen LogP contribution in [0.4, 0.5) is 4.39 Å². The fourth-order valence-electron chi connectivity index (χ4n) is 4.29. The predicted molar refractivity (Wildman–Crippen MR) is 106 cm³/mol. The van der Waals surface area contributed by atoms with Gasteiger partial charge in [-0.1, -0.05) is 24.3 Å². The molecule has 0 amide bonds. The minimum Gasteiger partial charge on any atom is -0.497 e. The number of aromatic amines is 1. The Morgan fingerprint density at radius 2 is 2.11 bits per heavy atom. The number of H-pyrrole nitrogens is 1. The first-order chi connectivity index (χ1) is 13.7. The lowest BCUT2D eigenvalue weighted by molar-refractivity contribution is 0.198. The molecule has 1 aliphatic heterocycles. The first-order valence-corrected chi connectivity index (χ1v) is 9.42. The van der Waals surface area contributed by atoms with E-state index in [-0.39, 0.29) is 11.9 Å². The molecule has 0 unspecified atom stereocenters. The van der Waals surface area contributed by atoms with Gasteiger partial charge in [-0.3, -0.25) is 4.90 Å². The highest BCUT2D eigenvalue weighted by Gasteiger charge is 2.33. The number of fused-ring (bicyclic) bond motifs is 3. The third-order valence-electron chi connectivity index (χ3n) is 5.60. The second kappa shape index (κ2) is 6.84. The lowest BCUT2D eigenvalue weighted by Gasteiger charge is -2.36. The molecule has 0 saturated heterocycles. The predicted octanol–water partition coefficient (Wildman–Crippen LogP) is 5.06. The van der Waals surface area contributed by atoms with Gasteiger partial charge in [0.1, 0.15) is 11.6 Å². The third kappa shape index (κ3) is 2.79. The van der Waals surface area contributed by atoms with Crippen LogP contribution in [0, 0.1) is 5.82 Å². The summed E-state index contributed by atoms with van der Waals surface area (Å²) in [5.41, 5.74) is 5.17. The largest absolute Gasteiger partial charge is 0.497 e. The molecule has 5 heteroatoms. The summed E-state index contributed by atoms with van der Waals surface area (Å²) in [6, 6.07) is 15.2. The highest BCUT2D eigenvalue weighted by atomic mass is 19.1. The molecule has 2 aromatic heterocycles. The molecule has 142 valence electrons. The van der Waals surface area contributed by atoms with Crippen molar-refractivity contribution in [3.63, 3.8) is 0 Å². The highest BCUT2D eigenvalue weighted by molar-refractivity contribution is 5.85. The second-order valence-corrected chi connectivity index (χ2v) is 7.20. The second-order valence-electron chi connectivity index (χ2n) is 7.20. The van der Waals surface area contributed by atoms with Gasteiger partial charge < -0.3 is 14.1 Å². The van der Waals surface area contributed by atoms with Gasteiger partial charge >= 0.3 is 0 Å². The zero-order chi connectivity index (χ0) is 19.1. The van der Waals surface area contributed by atoms with E-state index in [4.69, 9.17) is 9.15 Å². The summed E-state index contributed by atoms with van der Waals surface area (Å²) in [5, 5.41) is 1.22. The van der Waals surface area contributed by atoms with Gasteiger partial charge in [0.05, 0.1) is 25.7 Å². The van der Waals surface area contributed by atoms with Crippen LogP contribution in [0.15, 0.2) is 65.5 Å². The average Bonchev–Trinajstić information content (AvgIpc) is 3.35. The van der Waals surface area contributed by atoms with Gasteiger partial charge in [0.25, 0.3) is 0 Å². The molecule has 0 saturated carbocycles. The average molecular weight is 376 g/mol. The standard InChI is InChI=1S/C23H21FN2O2/c1-27-16-6-7-19(20(24)12-16)23-22-18(17-4-2-3-5-21(17)25-22)8-10-26(23)13-15-9-11-28-14-15/h2-7,9,11-12,14,23,25H,8,10,13H2,1H3/t23-/m1/s1. The Kier molecular flexibility index (Phi) is 4.17. The van der Waals surface area contributed by atoms with E-state index in [1.165, 1.54) is 17.0 Å². The van der Waals surface area contributed by atoms with Crippen molar-refractivity contribution in [2.24, 2.45) is 0 Å². The van der Waals surface area contributed by atoms with Crippen LogP contribution in [0.3, 0.4) is 0 Å². The zero-order valence-corrected chi connectivity index (χ0v) is 15.6. The van der Waals surface area contributed by atoms with Gasteiger partial charge in [-0.2, -0.15) is 0 Å². The Balaban J connectivity index is 1.65. The highest BCUT2D eigenvalue weighted by Crippen LogP contribution is 2.40. The number of nitrogens with zero attached hydrogens (tertiary/aromatic N) is 1. The number of para-hydroxylation sites is 1. The Hall–Kier alpha value is -3.05. The summed E-state index contributed by atoms with van der Waals surface area (Å²) in [7, 11) is 1.55. The zero-order valence-electron chi connectivity index (χ0n) is 15.6. The summed E-state index contributed by atoms with van der Waals surface area (Å²) in [5.74, 6) is 0.267. The van der Waals surface area contributed by atoms with Gasteiger partial charge in [-0.05, 0) is 30.2 Å². The maximum atomic E-state index is 15.1. The van der Waals surface area contributed by atoms with E-state index in [9.17, 15) is 0 Å². The maximum absolute atomic E-state index is 15.1. The number of ether oxygens (including phenoxy) is 1. The molecule has 0 spiro atoms. The molecule has 0 radical (unpaired) electrons. The lowest BCUT2D eigenvalue weighted by atomic mass is 9.91. The number of nitrogens with one attached hydrogen (secondary N) is 1. The van der Waals surface area contributed by atoms with Gasteiger partial charge in [0, 0.05) is 46.9 Å². The van der Waals surface area contributed by atoms with Gasteiger partial charge in [-0.15, -0.1) is 0 Å². The van der Waals surface area contributed by atoms with Gasteiger partial charge in [-0.25, -0.2) is 4.39 Å². The summed E-state index contributed by atoms with van der Waals surface area (Å²) in [6.07, 6.45) is 4.35. The van der Waals surface area contributed by atoms with E-state index in [0.717, 1.165) is 29.7 Å². The fraction of sp³-hybridized carbons (Fsp3) is 0.217. The van der Waals surface area contributed by atoms with Crippen molar-refractivity contribution in [3.05, 3.63) is 89.3 Å². The summed E-state index contributed by atoms with van der Waals surface area (Å²) in [6.45, 7) is 1.54. The molecule has 3 heterocycles. The molecule has 4 aromatic rings. The molecule has 1 atom stereocenters. The van der Waals surface area contributed by atoms with Crippen LogP contribution in [-0.2, 0) is 13.0 Å². The number of hydrogen-bond donors (Lipinski definition) is 1. The smallest absolute Gasteiger partial charge is 0.132 e. The topological polar surface area (TPSA) is 41.4 Å². The first-order valence-electron chi connectivity index (χ1n) is 9.42. The number of hydrogen-bond acceptors (Lipinski definition) is 3. The molecule has 4 nitrogen and oxygen atoms in total. The van der Waals surface area contributed by atoms with E-state index in [1.54, 1.807) is 19.6 Å². The van der Waals surface area contributed by atoms with E-state index in [0.29, 0.717) is 17.9 Å². The Morgan fingerprint density at radius 3 is 2.89 bits per heavy atom. The van der Waals surface area contributed by atoms with Gasteiger partial charge in [0.15, 0.2) is 0 Å². The van der Waals surface area contributed by atoms with Crippen LogP contribution in [0.5, 0.6) is 5.75 Å². The number of methoxy groups -OCH3 is 1. The molecule has 0 fully saturated rings. The summed E-state index contributed by atoms with van der Waals surface area (Å²) >= 11 is 0. The molecule has 1 aliphatic rings. The lowest BCUT2D eigenvalue weighted by Crippen LogP contribution is -2.36. The third-order valence-corrected chi connectivity index (χ3v) is 5.60. The molecular weight excluding hydrogens is 355 g/mol. The van der Waals surface area contributed by atoms with Crippen molar-refractivity contribution in [1.29, 1.82) is 0 Å². The van der Waals surface area contributed by atoms with Crippen LogP contribution in [-0.4, -0.2) is 23.5 Å². The first kappa shape index (κ1) is 17.1. The number of furan rings is 1. The minimum absolute atomic E-state index is 0.197. The molecular formula is C23H21FN2O2. The Bertz CT molecular complexity index is 1120. The van der Waals surface area contributed by atoms with Crippen LogP contribution in [0.25, 0.3) is 10.9 Å². The Morgan fingerprint density at radius 1 is 1.21 bits per heavy atom. The van der Waals surface area contributed by atoms with E-state index in [1.807, 2.05) is 24.3 Å². The summed E-state index contributed by atoms with van der Waals surface area (Å²) in [4.78, 5) is 5.87. The van der Waals surface area contributed by atoms with Crippen molar-refractivity contribution in [3.8, 4) is 5.75 Å². The Labute approximate surface area is 162 Å². The monoisotopic (exact) mass is 376 g/mol. The maximum Gasteiger partial charge on any atom is 0.132 e. The molecule has 28 heavy (non-hydrogen) atoms. The molecule has 1 N–H and O–H groups in total. The van der Waals surface area contributed by atoms with E-state index in [2.05, 4.69) is 28.1 Å². The van der Waals surface area contributed by atoms with Crippen molar-refractivity contribution in [2.45, 2.75) is 19.0 Å². The molecule has 0 aliphatic carbocycles. The van der Waals surface area contributed by atoms with Crippen LogP contribution in [0.2, 0.25) is 0 Å². The minimum atomic E-state index is -0.256. The molecule has 5 rings (SSSR count). The van der Waals surface area contributed by atoms with Crippen LogP contribution >= 0.6 is 0 Å². The van der Waals surface area contributed by atoms with Crippen molar-refractivity contribution < 1.29 is 13.5 Å². The number of halogens is 1. The quantitative estimate of drug-likeness (QED) is 0.541. The number of benzene rings is 2. The fourth-order valence-corrected chi connectivity index (χ4v) is 4.29.